The molecule has 0 amide bonds. The first-order chi connectivity index (χ1) is 15.4. The predicted molar refractivity (Wildman–Crippen MR) is 122 cm³/mol. The number of aromatic hydroxyl groups is 1. The van der Waals surface area contributed by atoms with Crippen molar-refractivity contribution in [2.45, 2.75) is 12.3 Å². The van der Waals surface area contributed by atoms with E-state index >= 15 is 0 Å². The van der Waals surface area contributed by atoms with Crippen molar-refractivity contribution in [1.82, 2.24) is 15.0 Å². The molecule has 1 saturated heterocycles. The first-order valence-corrected chi connectivity index (χ1v) is 10.7. The van der Waals surface area contributed by atoms with Gasteiger partial charge in [-0.3, -0.25) is 4.79 Å². The molecule has 0 bridgehead atoms. The number of hydrogen-bond donors (Lipinski definition) is 2. The Kier molecular flexibility index (Phi) is 5.15. The van der Waals surface area contributed by atoms with Gasteiger partial charge < -0.3 is 24.3 Å². The molecule has 2 aromatic heterocycles. The standard InChI is InChI=1S/C24H22ClN3O4/c1-28-8-7-15(12-28)13-3-5-14(6-4-13)16-9-17-19(10-18(16)25)26-24(30)22(17)23(29)20-11-21(31-2)27-32-20/h3-6,9-11,15,26,30H,7-8,12H2,1-2H3. The normalized spacial score (nSPS) is 16.7. The van der Waals surface area contributed by atoms with Crippen LogP contribution in [0.2, 0.25) is 5.02 Å². The number of nitrogens with one attached hydrogen (secondary N) is 1. The average Bonchev–Trinajstić information content (AvgIpc) is 3.51. The van der Waals surface area contributed by atoms with Crippen molar-refractivity contribution in [2.24, 2.45) is 0 Å². The summed E-state index contributed by atoms with van der Waals surface area (Å²) in [5.41, 5.74) is 3.67. The smallest absolute Gasteiger partial charge is 0.254 e. The molecule has 7 nitrogen and oxygen atoms in total. The van der Waals surface area contributed by atoms with Gasteiger partial charge in [0, 0.05) is 17.5 Å². The largest absolute Gasteiger partial charge is 0.494 e. The zero-order chi connectivity index (χ0) is 22.4. The number of aromatic amines is 1. The SMILES string of the molecule is COc1cc(C(=O)c2c(O)[nH]c3cc(Cl)c(-c4ccc(C5CCN(C)C5)cc4)cc23)on1. The van der Waals surface area contributed by atoms with Gasteiger partial charge in [-0.25, -0.2) is 0 Å². The predicted octanol–water partition coefficient (Wildman–Crippen LogP) is 4.84. The Bertz CT molecular complexity index is 1310. The third-order valence-corrected chi connectivity index (χ3v) is 6.41. The number of ether oxygens (including phenoxy) is 1. The van der Waals surface area contributed by atoms with Crippen LogP contribution in [0.15, 0.2) is 47.0 Å². The molecule has 0 spiro atoms. The van der Waals surface area contributed by atoms with Crippen LogP contribution in [-0.2, 0) is 0 Å². The first kappa shape index (κ1) is 20.6. The van der Waals surface area contributed by atoms with E-state index in [9.17, 15) is 9.90 Å². The highest BCUT2D eigenvalue weighted by molar-refractivity contribution is 6.34. The van der Waals surface area contributed by atoms with Gasteiger partial charge in [-0.05, 0) is 54.3 Å². The molecule has 1 unspecified atom stereocenters. The third kappa shape index (κ3) is 3.53. The molecule has 8 heteroatoms. The summed E-state index contributed by atoms with van der Waals surface area (Å²) in [5, 5.41) is 15.2. The summed E-state index contributed by atoms with van der Waals surface area (Å²) in [7, 11) is 3.57. The lowest BCUT2D eigenvalue weighted by molar-refractivity contribution is 0.0999. The molecule has 1 fully saturated rings. The van der Waals surface area contributed by atoms with E-state index in [1.165, 1.54) is 18.7 Å². The number of likely N-dealkylation sites (tertiary alicyclic amines) is 1. The minimum atomic E-state index is -0.501. The van der Waals surface area contributed by atoms with Crippen molar-refractivity contribution in [3.05, 3.63) is 64.4 Å². The lowest BCUT2D eigenvalue weighted by Gasteiger charge is -2.12. The van der Waals surface area contributed by atoms with Crippen LogP contribution in [0.3, 0.4) is 0 Å². The molecule has 1 aliphatic rings. The average molecular weight is 452 g/mol. The number of aromatic nitrogens is 2. The van der Waals surface area contributed by atoms with Crippen molar-refractivity contribution in [3.8, 4) is 22.9 Å². The highest BCUT2D eigenvalue weighted by atomic mass is 35.5. The maximum Gasteiger partial charge on any atom is 0.254 e. The summed E-state index contributed by atoms with van der Waals surface area (Å²) >= 11 is 6.57. The van der Waals surface area contributed by atoms with Gasteiger partial charge in [-0.15, -0.1) is 0 Å². The van der Waals surface area contributed by atoms with Gasteiger partial charge in [0.05, 0.1) is 29.3 Å². The number of hydrogen-bond acceptors (Lipinski definition) is 6. The fourth-order valence-electron chi connectivity index (χ4n) is 4.38. The Hall–Kier alpha value is -3.29. The van der Waals surface area contributed by atoms with E-state index in [0.29, 0.717) is 21.8 Å². The van der Waals surface area contributed by atoms with Crippen molar-refractivity contribution < 1.29 is 19.2 Å². The minimum absolute atomic E-state index is 0.0274. The Balaban J connectivity index is 1.54. The second kappa shape index (κ2) is 8.00. The van der Waals surface area contributed by atoms with Crippen LogP contribution in [0.1, 0.15) is 34.0 Å². The number of nitrogens with zero attached hydrogens (tertiary/aromatic N) is 2. The maximum absolute atomic E-state index is 13.0. The van der Waals surface area contributed by atoms with E-state index < -0.39 is 5.78 Å². The van der Waals surface area contributed by atoms with Gasteiger partial charge >= 0.3 is 0 Å². The second-order valence-corrected chi connectivity index (χ2v) is 8.57. The number of methoxy groups -OCH3 is 1. The van der Waals surface area contributed by atoms with E-state index in [-0.39, 0.29) is 23.1 Å². The van der Waals surface area contributed by atoms with Gasteiger partial charge in [0.15, 0.2) is 0 Å². The van der Waals surface area contributed by atoms with Crippen LogP contribution < -0.4 is 4.74 Å². The zero-order valence-corrected chi connectivity index (χ0v) is 18.4. The van der Waals surface area contributed by atoms with E-state index in [2.05, 4.69) is 46.4 Å². The summed E-state index contributed by atoms with van der Waals surface area (Å²) in [5.74, 6) is -0.0602. The van der Waals surface area contributed by atoms with E-state index in [1.807, 2.05) is 6.07 Å². The minimum Gasteiger partial charge on any atom is -0.494 e. The van der Waals surface area contributed by atoms with Gasteiger partial charge in [0.1, 0.15) is 0 Å². The summed E-state index contributed by atoms with van der Waals surface area (Å²) in [6.45, 7) is 2.17. The van der Waals surface area contributed by atoms with Crippen LogP contribution in [0.5, 0.6) is 11.8 Å². The summed E-state index contributed by atoms with van der Waals surface area (Å²) in [6, 6.07) is 13.3. The number of rotatable bonds is 5. The molecule has 4 aromatic rings. The van der Waals surface area contributed by atoms with E-state index in [4.69, 9.17) is 20.9 Å². The fourth-order valence-corrected chi connectivity index (χ4v) is 4.65. The van der Waals surface area contributed by atoms with Gasteiger partial charge in [-0.1, -0.05) is 35.9 Å². The lowest BCUT2D eigenvalue weighted by Crippen LogP contribution is -2.13. The van der Waals surface area contributed by atoms with Crippen molar-refractivity contribution >= 4 is 28.3 Å². The van der Waals surface area contributed by atoms with Gasteiger partial charge in [-0.2, -0.15) is 0 Å². The number of carbonyl (C=O) groups is 1. The van der Waals surface area contributed by atoms with Crippen molar-refractivity contribution in [3.63, 3.8) is 0 Å². The quantitative estimate of drug-likeness (QED) is 0.422. The molecule has 1 atom stereocenters. The molecule has 32 heavy (non-hydrogen) atoms. The molecule has 3 heterocycles. The van der Waals surface area contributed by atoms with Crippen LogP contribution in [0.25, 0.3) is 22.0 Å². The van der Waals surface area contributed by atoms with Crippen LogP contribution in [-0.4, -0.2) is 53.2 Å². The fraction of sp³-hybridized carbons (Fsp3) is 0.250. The number of halogens is 1. The Morgan fingerprint density at radius 1 is 1.28 bits per heavy atom. The molecule has 2 aromatic carbocycles. The molecule has 164 valence electrons. The van der Waals surface area contributed by atoms with Crippen molar-refractivity contribution in [2.75, 3.05) is 27.2 Å². The topological polar surface area (TPSA) is 91.6 Å². The molecular weight excluding hydrogens is 430 g/mol. The molecule has 1 aliphatic heterocycles. The Morgan fingerprint density at radius 2 is 2.06 bits per heavy atom. The highest BCUT2D eigenvalue weighted by Crippen LogP contribution is 2.38. The monoisotopic (exact) mass is 451 g/mol. The first-order valence-electron chi connectivity index (χ1n) is 10.3. The number of likely N-dealkylation sites (N-methyl/N-ethyl adjacent to an activating group) is 1. The number of fused-ring (bicyclic) bond motifs is 1. The highest BCUT2D eigenvalue weighted by Gasteiger charge is 2.25. The molecule has 0 aliphatic carbocycles. The van der Waals surface area contributed by atoms with E-state index in [0.717, 1.165) is 30.6 Å². The number of benzene rings is 2. The molecular formula is C24H22ClN3O4. The number of ketones is 1. The lowest BCUT2D eigenvalue weighted by atomic mass is 9.95. The van der Waals surface area contributed by atoms with Crippen molar-refractivity contribution in [1.29, 1.82) is 0 Å². The van der Waals surface area contributed by atoms with Crippen LogP contribution >= 0.6 is 11.6 Å². The third-order valence-electron chi connectivity index (χ3n) is 6.10. The van der Waals surface area contributed by atoms with E-state index in [1.54, 1.807) is 6.07 Å². The van der Waals surface area contributed by atoms with Gasteiger partial charge in [0.25, 0.3) is 5.88 Å². The number of carbonyl (C=O) groups excluding carboxylic acids is 1. The number of H-pyrrole nitrogens is 1. The van der Waals surface area contributed by atoms with Crippen LogP contribution in [0, 0.1) is 0 Å². The zero-order valence-electron chi connectivity index (χ0n) is 17.7. The summed E-state index contributed by atoms with van der Waals surface area (Å²) < 4.78 is 10.1. The molecule has 0 radical (unpaired) electrons. The molecule has 0 saturated carbocycles. The Morgan fingerprint density at radius 3 is 2.72 bits per heavy atom. The van der Waals surface area contributed by atoms with Gasteiger partial charge in [0.2, 0.25) is 17.4 Å². The maximum atomic E-state index is 13.0. The Labute approximate surface area is 189 Å². The summed E-state index contributed by atoms with van der Waals surface area (Å²) in [4.78, 5) is 18.2. The molecule has 5 rings (SSSR count). The summed E-state index contributed by atoms with van der Waals surface area (Å²) in [6.07, 6.45) is 1.16. The molecule has 2 N–H and O–H groups in total. The second-order valence-electron chi connectivity index (χ2n) is 8.16. The van der Waals surface area contributed by atoms with Crippen LogP contribution in [0.4, 0.5) is 0 Å².